The quantitative estimate of drug-likeness (QED) is 0.701. The van der Waals surface area contributed by atoms with Crippen LogP contribution in [0.1, 0.15) is 30.4 Å². The minimum Gasteiger partial charge on any atom is -0.492 e. The summed E-state index contributed by atoms with van der Waals surface area (Å²) in [6.45, 7) is 5.21. The molecule has 2 rings (SSSR count). The van der Waals surface area contributed by atoms with Crippen molar-refractivity contribution in [3.05, 3.63) is 29.3 Å². The van der Waals surface area contributed by atoms with Crippen molar-refractivity contribution in [2.75, 3.05) is 19.7 Å². The number of amides is 2. The minimum atomic E-state index is -0.688. The molecule has 0 spiro atoms. The van der Waals surface area contributed by atoms with E-state index in [1.165, 1.54) is 0 Å². The molecule has 0 radical (unpaired) electrons. The number of carbonyl (C=O) groups is 1. The fourth-order valence-electron chi connectivity index (χ4n) is 2.42. The SMILES string of the molecule is Cc1cc(C)cc(OCCNC(=O)NCC2(O)CCC2)c1. The summed E-state index contributed by atoms with van der Waals surface area (Å²) in [6.07, 6.45) is 2.57. The van der Waals surface area contributed by atoms with E-state index in [-0.39, 0.29) is 6.03 Å². The van der Waals surface area contributed by atoms with Crippen molar-refractivity contribution in [2.24, 2.45) is 0 Å². The van der Waals surface area contributed by atoms with E-state index in [0.29, 0.717) is 19.7 Å². The number of aliphatic hydroxyl groups is 1. The molecule has 5 heteroatoms. The number of nitrogens with one attached hydrogen (secondary N) is 2. The molecule has 0 heterocycles. The molecule has 0 bridgehead atoms. The summed E-state index contributed by atoms with van der Waals surface area (Å²) >= 11 is 0. The maximum Gasteiger partial charge on any atom is 0.315 e. The monoisotopic (exact) mass is 292 g/mol. The molecular formula is C16H24N2O3. The summed E-state index contributed by atoms with van der Waals surface area (Å²) in [5.74, 6) is 0.818. The van der Waals surface area contributed by atoms with E-state index < -0.39 is 5.60 Å². The summed E-state index contributed by atoms with van der Waals surface area (Å²) < 4.78 is 5.60. The standard InChI is InChI=1S/C16H24N2O3/c1-12-8-13(2)10-14(9-12)21-7-6-17-15(19)18-11-16(20)4-3-5-16/h8-10,20H,3-7,11H2,1-2H3,(H2,17,18,19). The van der Waals surface area contributed by atoms with Gasteiger partial charge in [0.15, 0.2) is 0 Å². The molecule has 0 aromatic heterocycles. The van der Waals surface area contributed by atoms with Crippen LogP contribution in [-0.4, -0.2) is 36.4 Å². The Labute approximate surface area is 125 Å². The highest BCUT2D eigenvalue weighted by molar-refractivity contribution is 5.73. The fourth-order valence-corrected chi connectivity index (χ4v) is 2.42. The lowest BCUT2D eigenvalue weighted by atomic mass is 9.80. The van der Waals surface area contributed by atoms with Gasteiger partial charge in [0.25, 0.3) is 0 Å². The van der Waals surface area contributed by atoms with E-state index >= 15 is 0 Å². The second-order valence-corrected chi connectivity index (χ2v) is 5.86. The molecule has 3 N–H and O–H groups in total. The van der Waals surface area contributed by atoms with E-state index in [4.69, 9.17) is 4.74 Å². The first-order chi connectivity index (χ1) is 9.97. The van der Waals surface area contributed by atoms with Gasteiger partial charge in [-0.3, -0.25) is 0 Å². The lowest BCUT2D eigenvalue weighted by Gasteiger charge is -2.36. The van der Waals surface area contributed by atoms with Gasteiger partial charge in [-0.1, -0.05) is 6.07 Å². The Kier molecular flexibility index (Phi) is 5.07. The summed E-state index contributed by atoms with van der Waals surface area (Å²) in [5.41, 5.74) is 1.63. The van der Waals surface area contributed by atoms with Gasteiger partial charge in [0.2, 0.25) is 0 Å². The van der Waals surface area contributed by atoms with Crippen molar-refractivity contribution in [1.29, 1.82) is 0 Å². The van der Waals surface area contributed by atoms with Crippen LogP contribution in [-0.2, 0) is 0 Å². The van der Waals surface area contributed by atoms with Crippen molar-refractivity contribution >= 4 is 6.03 Å². The Morgan fingerprint density at radius 3 is 2.48 bits per heavy atom. The second-order valence-electron chi connectivity index (χ2n) is 5.86. The van der Waals surface area contributed by atoms with Crippen LogP contribution < -0.4 is 15.4 Å². The Bertz CT molecular complexity index is 478. The predicted molar refractivity (Wildman–Crippen MR) is 81.6 cm³/mol. The van der Waals surface area contributed by atoms with Crippen LogP contribution in [0, 0.1) is 13.8 Å². The van der Waals surface area contributed by atoms with Crippen LogP contribution in [0.2, 0.25) is 0 Å². The van der Waals surface area contributed by atoms with Crippen molar-refractivity contribution in [1.82, 2.24) is 10.6 Å². The van der Waals surface area contributed by atoms with Crippen LogP contribution in [0.15, 0.2) is 18.2 Å². The van der Waals surface area contributed by atoms with Gasteiger partial charge in [-0.2, -0.15) is 0 Å². The lowest BCUT2D eigenvalue weighted by molar-refractivity contribution is -0.0290. The zero-order valence-corrected chi connectivity index (χ0v) is 12.7. The predicted octanol–water partition coefficient (Wildman–Crippen LogP) is 1.90. The maximum absolute atomic E-state index is 11.6. The molecule has 5 nitrogen and oxygen atoms in total. The summed E-state index contributed by atoms with van der Waals surface area (Å²) in [7, 11) is 0. The zero-order valence-electron chi connectivity index (χ0n) is 12.7. The largest absolute Gasteiger partial charge is 0.492 e. The van der Waals surface area contributed by atoms with Gasteiger partial charge >= 0.3 is 6.03 Å². The van der Waals surface area contributed by atoms with Crippen molar-refractivity contribution < 1.29 is 14.6 Å². The number of benzene rings is 1. The molecule has 21 heavy (non-hydrogen) atoms. The number of urea groups is 1. The Hall–Kier alpha value is -1.75. The van der Waals surface area contributed by atoms with Gasteiger partial charge < -0.3 is 20.5 Å². The number of rotatable bonds is 6. The Morgan fingerprint density at radius 2 is 1.90 bits per heavy atom. The Morgan fingerprint density at radius 1 is 1.24 bits per heavy atom. The normalized spacial score (nSPS) is 16.0. The molecule has 1 aliphatic carbocycles. The molecule has 1 saturated carbocycles. The molecule has 2 amide bonds. The maximum atomic E-state index is 11.6. The molecule has 116 valence electrons. The number of carbonyl (C=O) groups excluding carboxylic acids is 1. The third-order valence-electron chi connectivity index (χ3n) is 3.71. The molecule has 1 aromatic rings. The van der Waals surface area contributed by atoms with E-state index in [9.17, 15) is 9.90 Å². The minimum absolute atomic E-state index is 0.264. The first-order valence-corrected chi connectivity index (χ1v) is 7.42. The van der Waals surface area contributed by atoms with Gasteiger partial charge in [0, 0.05) is 6.54 Å². The van der Waals surface area contributed by atoms with Gasteiger partial charge in [0.05, 0.1) is 12.1 Å². The highest BCUT2D eigenvalue weighted by Crippen LogP contribution is 2.30. The highest BCUT2D eigenvalue weighted by Gasteiger charge is 2.34. The fraction of sp³-hybridized carbons (Fsp3) is 0.562. The molecule has 1 aliphatic rings. The van der Waals surface area contributed by atoms with Gasteiger partial charge in [-0.05, 0) is 56.4 Å². The zero-order chi connectivity index (χ0) is 15.3. The molecule has 0 aliphatic heterocycles. The Balaban J connectivity index is 1.61. The topological polar surface area (TPSA) is 70.6 Å². The number of aryl methyl sites for hydroxylation is 2. The smallest absolute Gasteiger partial charge is 0.315 e. The second kappa shape index (κ2) is 6.80. The van der Waals surface area contributed by atoms with E-state index in [1.54, 1.807) is 0 Å². The van der Waals surface area contributed by atoms with Crippen molar-refractivity contribution in [3.8, 4) is 5.75 Å². The van der Waals surface area contributed by atoms with Crippen molar-refractivity contribution in [3.63, 3.8) is 0 Å². The third-order valence-corrected chi connectivity index (χ3v) is 3.71. The molecule has 0 saturated heterocycles. The lowest BCUT2D eigenvalue weighted by Crippen LogP contribution is -2.50. The summed E-state index contributed by atoms with van der Waals surface area (Å²) in [4.78, 5) is 11.6. The van der Waals surface area contributed by atoms with Gasteiger partial charge in [-0.15, -0.1) is 0 Å². The van der Waals surface area contributed by atoms with E-state index in [0.717, 1.165) is 36.1 Å². The van der Waals surface area contributed by atoms with Crippen LogP contribution in [0.4, 0.5) is 4.79 Å². The number of ether oxygens (including phenoxy) is 1. The van der Waals surface area contributed by atoms with E-state index in [1.807, 2.05) is 26.0 Å². The van der Waals surface area contributed by atoms with Crippen LogP contribution in [0.25, 0.3) is 0 Å². The summed E-state index contributed by atoms with van der Waals surface area (Å²) in [6, 6.07) is 5.77. The molecule has 1 fully saturated rings. The third kappa shape index (κ3) is 4.93. The van der Waals surface area contributed by atoms with Gasteiger partial charge in [0.1, 0.15) is 12.4 Å². The average molecular weight is 292 g/mol. The van der Waals surface area contributed by atoms with E-state index in [2.05, 4.69) is 16.7 Å². The number of hydrogen-bond donors (Lipinski definition) is 3. The first-order valence-electron chi connectivity index (χ1n) is 7.42. The molecule has 0 atom stereocenters. The first kappa shape index (κ1) is 15.6. The summed E-state index contributed by atoms with van der Waals surface area (Å²) in [5, 5.41) is 15.3. The van der Waals surface area contributed by atoms with Gasteiger partial charge in [-0.25, -0.2) is 4.79 Å². The molecular weight excluding hydrogens is 268 g/mol. The van der Waals surface area contributed by atoms with Crippen LogP contribution in [0.5, 0.6) is 5.75 Å². The molecule has 1 aromatic carbocycles. The van der Waals surface area contributed by atoms with Crippen LogP contribution >= 0.6 is 0 Å². The van der Waals surface area contributed by atoms with Crippen LogP contribution in [0.3, 0.4) is 0 Å². The molecule has 0 unspecified atom stereocenters. The number of hydrogen-bond acceptors (Lipinski definition) is 3. The average Bonchev–Trinajstić information content (AvgIpc) is 2.38. The highest BCUT2D eigenvalue weighted by atomic mass is 16.5. The van der Waals surface area contributed by atoms with Crippen molar-refractivity contribution in [2.45, 2.75) is 38.7 Å².